The molecule has 0 radical (unpaired) electrons. The zero-order valence-electron chi connectivity index (χ0n) is 21.0. The normalized spacial score (nSPS) is 14.1. The van der Waals surface area contributed by atoms with Crippen LogP contribution in [0, 0.1) is 23.1 Å². The maximum atomic E-state index is 13.5. The second-order valence-electron chi connectivity index (χ2n) is 9.81. The molecule has 37 heavy (non-hydrogen) atoms. The number of nitrogens with one attached hydrogen (secondary N) is 2. The Labute approximate surface area is 214 Å². The summed E-state index contributed by atoms with van der Waals surface area (Å²) in [6, 6.07) is 9.81. The van der Waals surface area contributed by atoms with Gasteiger partial charge in [0.05, 0.1) is 18.1 Å². The Hall–Kier alpha value is -4.33. The Bertz CT molecular complexity index is 1260. The van der Waals surface area contributed by atoms with Crippen LogP contribution in [-0.2, 0) is 4.74 Å². The first-order valence-corrected chi connectivity index (χ1v) is 12.0. The first-order valence-electron chi connectivity index (χ1n) is 12.0. The molecule has 1 aromatic carbocycles. The number of rotatable bonds is 6. The van der Waals surface area contributed by atoms with Crippen LogP contribution in [0.5, 0.6) is 0 Å². The van der Waals surface area contributed by atoms with Crippen LogP contribution in [0.15, 0.2) is 42.7 Å². The molecule has 1 aliphatic heterocycles. The fourth-order valence-electron chi connectivity index (χ4n) is 3.89. The summed E-state index contributed by atoms with van der Waals surface area (Å²) < 4.78 is 19.0. The van der Waals surface area contributed by atoms with Gasteiger partial charge in [-0.3, -0.25) is 0 Å². The minimum atomic E-state index is -0.518. The minimum Gasteiger partial charge on any atom is -0.444 e. The van der Waals surface area contributed by atoms with Crippen molar-refractivity contribution in [3.05, 3.63) is 54.2 Å². The molecule has 3 aromatic rings. The monoisotopic (exact) mass is 504 g/mol. The van der Waals surface area contributed by atoms with E-state index in [2.05, 4.69) is 30.8 Å². The van der Waals surface area contributed by atoms with Gasteiger partial charge in [-0.1, -0.05) is 0 Å². The van der Waals surface area contributed by atoms with Crippen LogP contribution >= 0.6 is 0 Å². The third-order valence-electron chi connectivity index (χ3n) is 5.78. The highest BCUT2D eigenvalue weighted by atomic mass is 19.1. The summed E-state index contributed by atoms with van der Waals surface area (Å²) in [5.41, 5.74) is 1.72. The van der Waals surface area contributed by atoms with E-state index < -0.39 is 5.60 Å². The molecule has 1 saturated heterocycles. The third-order valence-corrected chi connectivity index (χ3v) is 5.78. The second-order valence-corrected chi connectivity index (χ2v) is 9.81. The van der Waals surface area contributed by atoms with Gasteiger partial charge in [0.15, 0.2) is 11.5 Å². The Morgan fingerprint density at radius 1 is 1.14 bits per heavy atom. The third kappa shape index (κ3) is 7.10. The molecule has 1 aliphatic rings. The number of ether oxygens (including phenoxy) is 1. The van der Waals surface area contributed by atoms with Crippen LogP contribution in [0.3, 0.4) is 0 Å². The van der Waals surface area contributed by atoms with Crippen LogP contribution in [0.2, 0.25) is 0 Å². The van der Waals surface area contributed by atoms with Crippen molar-refractivity contribution in [2.24, 2.45) is 5.92 Å². The number of hydrogen-bond donors (Lipinski definition) is 2. The van der Waals surface area contributed by atoms with Gasteiger partial charge in [0.1, 0.15) is 29.0 Å². The van der Waals surface area contributed by atoms with E-state index in [1.165, 1.54) is 24.5 Å². The van der Waals surface area contributed by atoms with E-state index in [4.69, 9.17) is 10.00 Å². The van der Waals surface area contributed by atoms with Crippen LogP contribution in [0.1, 0.15) is 39.3 Å². The van der Waals surface area contributed by atoms with Gasteiger partial charge in [0.2, 0.25) is 0 Å². The fourth-order valence-corrected chi connectivity index (χ4v) is 3.89. The molecular weight excluding hydrogens is 475 g/mol. The van der Waals surface area contributed by atoms with Gasteiger partial charge < -0.3 is 20.3 Å². The van der Waals surface area contributed by atoms with Crippen molar-refractivity contribution >= 4 is 23.4 Å². The van der Waals surface area contributed by atoms with Crippen molar-refractivity contribution in [2.75, 3.05) is 30.3 Å². The molecule has 2 N–H and O–H groups in total. The van der Waals surface area contributed by atoms with Gasteiger partial charge in [-0.2, -0.15) is 5.26 Å². The zero-order chi connectivity index (χ0) is 26.4. The number of anilines is 3. The summed E-state index contributed by atoms with van der Waals surface area (Å²) >= 11 is 0. The van der Waals surface area contributed by atoms with Crippen LogP contribution in [-0.4, -0.2) is 56.4 Å². The molecule has 4 rings (SSSR count). The molecule has 192 valence electrons. The van der Waals surface area contributed by atoms with Gasteiger partial charge >= 0.3 is 6.09 Å². The summed E-state index contributed by atoms with van der Waals surface area (Å²) in [7, 11) is 0. The maximum Gasteiger partial charge on any atom is 0.410 e. The van der Waals surface area contributed by atoms with Gasteiger partial charge in [-0.25, -0.2) is 19.2 Å². The highest BCUT2D eigenvalue weighted by molar-refractivity contribution is 5.76. The van der Waals surface area contributed by atoms with Crippen molar-refractivity contribution < 1.29 is 13.9 Å². The number of halogens is 1. The predicted molar refractivity (Wildman–Crippen MR) is 136 cm³/mol. The van der Waals surface area contributed by atoms with E-state index in [-0.39, 0.29) is 17.6 Å². The molecule has 0 atom stereocenters. The molecule has 1 amide bonds. The van der Waals surface area contributed by atoms with Crippen LogP contribution in [0.25, 0.3) is 11.3 Å². The number of nitriles is 1. The summed E-state index contributed by atoms with van der Waals surface area (Å²) in [6.07, 6.45) is 4.20. The highest BCUT2D eigenvalue weighted by Crippen LogP contribution is 2.29. The molecule has 0 bridgehead atoms. The molecule has 3 heterocycles. The number of nitrogens with zero attached hydrogens (tertiary/aromatic N) is 6. The maximum absolute atomic E-state index is 13.5. The number of carbonyl (C=O) groups excluding carboxylic acids is 1. The quantitative estimate of drug-likeness (QED) is 0.489. The summed E-state index contributed by atoms with van der Waals surface area (Å²) in [6.45, 7) is 7.51. The lowest BCUT2D eigenvalue weighted by Crippen LogP contribution is -2.42. The Morgan fingerprint density at radius 3 is 2.49 bits per heavy atom. The lowest BCUT2D eigenvalue weighted by atomic mass is 9.97. The Kier molecular flexibility index (Phi) is 7.77. The number of likely N-dealkylation sites (tertiary alicyclic amines) is 1. The van der Waals surface area contributed by atoms with Crippen molar-refractivity contribution in [3.8, 4) is 17.3 Å². The molecule has 2 aromatic heterocycles. The van der Waals surface area contributed by atoms with Crippen LogP contribution < -0.4 is 10.6 Å². The fraction of sp³-hybridized carbons (Fsp3) is 0.385. The highest BCUT2D eigenvalue weighted by Gasteiger charge is 2.27. The molecule has 0 aliphatic carbocycles. The standard InChI is InChI=1S/C26H29FN8O2/c1-26(2,3)37-25(36)35-10-8-17(9-11-35)14-30-21-12-22(32-23-16-29-20(13-28)15-31-23)33-34-24(21)18-4-6-19(27)7-5-18/h4-7,12,15-17H,8-11,14H2,1-3H3,(H2,30,31,32,33). The molecule has 0 unspecified atom stereocenters. The van der Waals surface area contributed by atoms with E-state index in [1.54, 1.807) is 23.1 Å². The van der Waals surface area contributed by atoms with Gasteiger partial charge in [0.25, 0.3) is 0 Å². The minimum absolute atomic E-state index is 0.211. The number of hydrogen-bond acceptors (Lipinski definition) is 9. The summed E-state index contributed by atoms with van der Waals surface area (Å²) in [5.74, 6) is 0.866. The number of benzene rings is 1. The molecule has 10 nitrogen and oxygen atoms in total. The van der Waals surface area contributed by atoms with Crippen molar-refractivity contribution in [3.63, 3.8) is 0 Å². The molecule has 11 heteroatoms. The van der Waals surface area contributed by atoms with E-state index in [0.29, 0.717) is 42.9 Å². The van der Waals surface area contributed by atoms with Crippen molar-refractivity contribution in [1.82, 2.24) is 25.1 Å². The molecule has 0 saturated carbocycles. The summed E-state index contributed by atoms with van der Waals surface area (Å²) in [4.78, 5) is 22.3. The SMILES string of the molecule is CC(C)(C)OC(=O)N1CCC(CNc2cc(Nc3cnc(C#N)cn3)nnc2-c2ccc(F)cc2)CC1. The van der Waals surface area contributed by atoms with E-state index in [9.17, 15) is 9.18 Å². The van der Waals surface area contributed by atoms with Gasteiger partial charge in [-0.05, 0) is 63.8 Å². The zero-order valence-corrected chi connectivity index (χ0v) is 21.0. The number of carbonyl (C=O) groups is 1. The van der Waals surface area contributed by atoms with Crippen molar-refractivity contribution in [2.45, 2.75) is 39.2 Å². The van der Waals surface area contributed by atoms with Crippen molar-refractivity contribution in [1.29, 1.82) is 5.26 Å². The first-order chi connectivity index (χ1) is 17.7. The lowest BCUT2D eigenvalue weighted by molar-refractivity contribution is 0.0188. The molecular formula is C26H29FN8O2. The number of amides is 1. The average molecular weight is 505 g/mol. The van der Waals surface area contributed by atoms with Gasteiger partial charge in [0, 0.05) is 31.3 Å². The van der Waals surface area contributed by atoms with E-state index in [1.807, 2.05) is 26.8 Å². The first kappa shape index (κ1) is 25.8. The van der Waals surface area contributed by atoms with E-state index in [0.717, 1.165) is 24.1 Å². The van der Waals surface area contributed by atoms with E-state index >= 15 is 0 Å². The molecule has 1 fully saturated rings. The Balaban J connectivity index is 1.46. The number of aromatic nitrogens is 4. The largest absolute Gasteiger partial charge is 0.444 e. The smallest absolute Gasteiger partial charge is 0.410 e. The second kappa shape index (κ2) is 11.2. The predicted octanol–water partition coefficient (Wildman–Crippen LogP) is 4.75. The van der Waals surface area contributed by atoms with Crippen LogP contribution in [0.4, 0.5) is 26.5 Å². The topological polar surface area (TPSA) is 129 Å². The number of piperidine rings is 1. The molecule has 0 spiro atoms. The Morgan fingerprint density at radius 2 is 1.86 bits per heavy atom. The average Bonchev–Trinajstić information content (AvgIpc) is 2.88. The summed E-state index contributed by atoms with van der Waals surface area (Å²) in [5, 5.41) is 24.0. The van der Waals surface area contributed by atoms with Gasteiger partial charge in [-0.15, -0.1) is 10.2 Å². The lowest BCUT2D eigenvalue weighted by Gasteiger charge is -2.33.